The zero-order valence-corrected chi connectivity index (χ0v) is 22.1. The number of para-hydroxylation sites is 1. The molecule has 0 spiro atoms. The molecule has 3 aromatic rings. The van der Waals surface area contributed by atoms with Crippen LogP contribution in [0.5, 0.6) is 5.75 Å². The van der Waals surface area contributed by atoms with Crippen LogP contribution in [0.25, 0.3) is 0 Å². The fraction of sp³-hybridized carbons (Fsp3) is 0.310. The van der Waals surface area contributed by atoms with E-state index in [4.69, 9.17) is 27.9 Å². The largest absolute Gasteiger partial charge is 0.494 e. The van der Waals surface area contributed by atoms with Gasteiger partial charge in [-0.1, -0.05) is 77.8 Å². The van der Waals surface area contributed by atoms with E-state index in [1.165, 1.54) is 0 Å². The minimum Gasteiger partial charge on any atom is -0.494 e. The van der Waals surface area contributed by atoms with Crippen LogP contribution in [-0.2, 0) is 22.6 Å². The Morgan fingerprint density at radius 1 is 0.889 bits per heavy atom. The van der Waals surface area contributed by atoms with Crippen molar-refractivity contribution in [2.45, 2.75) is 51.7 Å². The summed E-state index contributed by atoms with van der Waals surface area (Å²) < 4.78 is 5.76. The van der Waals surface area contributed by atoms with Crippen LogP contribution in [0.4, 0.5) is 0 Å². The van der Waals surface area contributed by atoms with E-state index in [1.807, 2.05) is 74.5 Å². The molecular weight excluding hydrogens is 495 g/mol. The Hall–Kier alpha value is -3.02. The number of ether oxygens (including phenoxy) is 1. The van der Waals surface area contributed by atoms with Gasteiger partial charge in [-0.25, -0.2) is 0 Å². The zero-order chi connectivity index (χ0) is 25.9. The van der Waals surface area contributed by atoms with E-state index in [9.17, 15) is 9.59 Å². The van der Waals surface area contributed by atoms with E-state index in [1.54, 1.807) is 23.1 Å². The van der Waals surface area contributed by atoms with Crippen LogP contribution in [0.1, 0.15) is 37.8 Å². The lowest BCUT2D eigenvalue weighted by molar-refractivity contribution is -0.141. The number of nitrogens with zero attached hydrogens (tertiary/aromatic N) is 1. The molecule has 7 heteroatoms. The lowest BCUT2D eigenvalue weighted by Gasteiger charge is -2.32. The molecule has 0 aliphatic heterocycles. The first kappa shape index (κ1) is 27.6. The molecule has 36 heavy (non-hydrogen) atoms. The Bertz CT molecular complexity index is 1100. The number of hydrogen-bond acceptors (Lipinski definition) is 3. The monoisotopic (exact) mass is 526 g/mol. The van der Waals surface area contributed by atoms with Gasteiger partial charge in [0.05, 0.1) is 6.61 Å². The second-order valence-corrected chi connectivity index (χ2v) is 9.67. The molecule has 3 aromatic carbocycles. The second kappa shape index (κ2) is 13.9. The molecule has 0 radical (unpaired) electrons. The third-order valence-electron chi connectivity index (χ3n) is 5.64. The molecule has 0 fully saturated rings. The van der Waals surface area contributed by atoms with Crippen LogP contribution in [-0.4, -0.2) is 35.4 Å². The predicted octanol–water partition coefficient (Wildman–Crippen LogP) is 6.32. The molecule has 3 rings (SSSR count). The summed E-state index contributed by atoms with van der Waals surface area (Å²) in [6, 6.07) is 23.6. The molecule has 0 aliphatic carbocycles. The molecular formula is C29H32Cl2N2O3. The Morgan fingerprint density at radius 2 is 1.50 bits per heavy atom. The van der Waals surface area contributed by atoms with E-state index < -0.39 is 6.04 Å². The molecule has 0 unspecified atom stereocenters. The van der Waals surface area contributed by atoms with Gasteiger partial charge in [-0.15, -0.1) is 0 Å². The quantitative estimate of drug-likeness (QED) is 0.281. The zero-order valence-electron chi connectivity index (χ0n) is 20.6. The molecule has 5 nitrogen and oxygen atoms in total. The number of halogens is 2. The number of amides is 2. The molecule has 0 aromatic heterocycles. The third kappa shape index (κ3) is 8.28. The van der Waals surface area contributed by atoms with Crippen molar-refractivity contribution < 1.29 is 14.3 Å². The first-order valence-corrected chi connectivity index (χ1v) is 12.8. The highest BCUT2D eigenvalue weighted by atomic mass is 35.5. The standard InChI is InChI=1S/C29H32Cl2N2O3/c1-21(2)32-29(35)27(19-22-11-5-3-6-12-22)33(20-24-25(30)15-9-16-26(24)31)28(34)17-10-18-36-23-13-7-4-8-14-23/h3-9,11-16,21,27H,10,17-20H2,1-2H3,(H,32,35)/t27-/m0/s1. The number of benzene rings is 3. The average Bonchev–Trinajstić information content (AvgIpc) is 2.86. The van der Waals surface area contributed by atoms with Crippen LogP contribution >= 0.6 is 23.2 Å². The first-order chi connectivity index (χ1) is 17.3. The summed E-state index contributed by atoms with van der Waals surface area (Å²) in [6.45, 7) is 4.31. The van der Waals surface area contributed by atoms with E-state index >= 15 is 0 Å². The van der Waals surface area contributed by atoms with Crippen molar-refractivity contribution in [2.24, 2.45) is 0 Å². The van der Waals surface area contributed by atoms with Gasteiger partial charge in [0.15, 0.2) is 0 Å². The predicted molar refractivity (Wildman–Crippen MR) is 145 cm³/mol. The van der Waals surface area contributed by atoms with Crippen LogP contribution in [0, 0.1) is 0 Å². The van der Waals surface area contributed by atoms with Crippen molar-refractivity contribution >= 4 is 35.0 Å². The minimum absolute atomic E-state index is 0.0732. The first-order valence-electron chi connectivity index (χ1n) is 12.1. The summed E-state index contributed by atoms with van der Waals surface area (Å²) >= 11 is 12.9. The summed E-state index contributed by atoms with van der Waals surface area (Å²) in [5.74, 6) is 0.372. The van der Waals surface area contributed by atoms with Gasteiger partial charge in [0.2, 0.25) is 11.8 Å². The van der Waals surface area contributed by atoms with Gasteiger partial charge < -0.3 is 15.0 Å². The molecule has 2 amide bonds. The molecule has 0 saturated carbocycles. The van der Waals surface area contributed by atoms with Crippen molar-refractivity contribution in [3.05, 3.63) is 100 Å². The van der Waals surface area contributed by atoms with Gasteiger partial charge in [-0.05, 0) is 50.1 Å². The lowest BCUT2D eigenvalue weighted by Crippen LogP contribution is -2.51. The van der Waals surface area contributed by atoms with Crippen molar-refractivity contribution in [1.82, 2.24) is 10.2 Å². The topological polar surface area (TPSA) is 58.6 Å². The van der Waals surface area contributed by atoms with Gasteiger partial charge in [0, 0.05) is 41.0 Å². The van der Waals surface area contributed by atoms with E-state index in [0.717, 1.165) is 11.3 Å². The molecule has 0 heterocycles. The highest BCUT2D eigenvalue weighted by molar-refractivity contribution is 6.36. The van der Waals surface area contributed by atoms with Gasteiger partial charge in [0.1, 0.15) is 11.8 Å². The number of carbonyl (C=O) groups excluding carboxylic acids is 2. The van der Waals surface area contributed by atoms with Crippen LogP contribution < -0.4 is 10.1 Å². The Kier molecular flexibility index (Phi) is 10.6. The molecule has 0 saturated heterocycles. The molecule has 0 bridgehead atoms. The highest BCUT2D eigenvalue weighted by Crippen LogP contribution is 2.27. The summed E-state index contributed by atoms with van der Waals surface area (Å²) in [5, 5.41) is 3.89. The van der Waals surface area contributed by atoms with Crippen molar-refractivity contribution in [1.29, 1.82) is 0 Å². The van der Waals surface area contributed by atoms with Crippen LogP contribution in [0.2, 0.25) is 10.0 Å². The van der Waals surface area contributed by atoms with Gasteiger partial charge in [0.25, 0.3) is 0 Å². The van der Waals surface area contributed by atoms with Crippen molar-refractivity contribution in [2.75, 3.05) is 6.61 Å². The van der Waals surface area contributed by atoms with Gasteiger partial charge >= 0.3 is 0 Å². The van der Waals surface area contributed by atoms with E-state index in [0.29, 0.717) is 35.1 Å². The van der Waals surface area contributed by atoms with Crippen LogP contribution in [0.3, 0.4) is 0 Å². The molecule has 1 N–H and O–H groups in total. The van der Waals surface area contributed by atoms with Crippen molar-refractivity contribution in [3.8, 4) is 5.75 Å². The second-order valence-electron chi connectivity index (χ2n) is 8.86. The molecule has 190 valence electrons. The van der Waals surface area contributed by atoms with Gasteiger partial charge in [-0.3, -0.25) is 9.59 Å². The number of hydrogen-bond donors (Lipinski definition) is 1. The minimum atomic E-state index is -0.732. The maximum atomic E-state index is 13.6. The van der Waals surface area contributed by atoms with Crippen molar-refractivity contribution in [3.63, 3.8) is 0 Å². The average molecular weight is 527 g/mol. The summed E-state index contributed by atoms with van der Waals surface area (Å²) in [4.78, 5) is 28.6. The highest BCUT2D eigenvalue weighted by Gasteiger charge is 2.31. The maximum Gasteiger partial charge on any atom is 0.243 e. The number of carbonyl (C=O) groups is 2. The number of nitrogens with one attached hydrogen (secondary N) is 1. The van der Waals surface area contributed by atoms with Crippen LogP contribution in [0.15, 0.2) is 78.9 Å². The lowest BCUT2D eigenvalue weighted by atomic mass is 10.0. The summed E-state index contributed by atoms with van der Waals surface area (Å²) in [6.07, 6.45) is 1.09. The number of rotatable bonds is 12. The Labute approximate surface area is 223 Å². The Morgan fingerprint density at radius 3 is 2.11 bits per heavy atom. The fourth-order valence-corrected chi connectivity index (χ4v) is 4.38. The third-order valence-corrected chi connectivity index (χ3v) is 6.35. The fourth-order valence-electron chi connectivity index (χ4n) is 3.86. The molecule has 1 atom stereocenters. The van der Waals surface area contributed by atoms with E-state index in [2.05, 4.69) is 5.32 Å². The normalized spacial score (nSPS) is 11.7. The van der Waals surface area contributed by atoms with E-state index in [-0.39, 0.29) is 30.8 Å². The molecule has 0 aliphatic rings. The summed E-state index contributed by atoms with van der Waals surface area (Å²) in [5.41, 5.74) is 1.57. The Balaban J connectivity index is 1.84. The SMILES string of the molecule is CC(C)NC(=O)[C@H](Cc1ccccc1)N(Cc1c(Cl)cccc1Cl)C(=O)CCCOc1ccccc1. The summed E-state index contributed by atoms with van der Waals surface area (Å²) in [7, 11) is 0. The van der Waals surface area contributed by atoms with Gasteiger partial charge in [-0.2, -0.15) is 0 Å². The maximum absolute atomic E-state index is 13.6. The smallest absolute Gasteiger partial charge is 0.243 e.